The maximum atomic E-state index is 12.1. The zero-order chi connectivity index (χ0) is 14.8. The lowest BCUT2D eigenvalue weighted by Gasteiger charge is -2.28. The van der Waals surface area contributed by atoms with Crippen LogP contribution in [0.25, 0.3) is 0 Å². The molecule has 0 saturated carbocycles. The molecule has 110 valence electrons. The number of ether oxygens (including phenoxy) is 1. The molecule has 1 aliphatic heterocycles. The molecule has 20 heavy (non-hydrogen) atoms. The SMILES string of the molecule is CC(O)c1cccc(NC(=O)NC2(C)CCOC2C)c1. The molecular formula is C15H22N2O3. The third-order valence-corrected chi connectivity index (χ3v) is 3.91. The van der Waals surface area contributed by atoms with Crippen LogP contribution in [-0.4, -0.2) is 29.4 Å². The number of carbonyl (C=O) groups excluding carboxylic acids is 1. The Kier molecular flexibility index (Phi) is 4.30. The summed E-state index contributed by atoms with van der Waals surface area (Å²) in [6.45, 7) is 6.30. The molecule has 1 aliphatic rings. The van der Waals surface area contributed by atoms with Crippen molar-refractivity contribution in [3.8, 4) is 0 Å². The van der Waals surface area contributed by atoms with E-state index in [4.69, 9.17) is 4.74 Å². The largest absolute Gasteiger partial charge is 0.389 e. The quantitative estimate of drug-likeness (QED) is 0.795. The zero-order valence-electron chi connectivity index (χ0n) is 12.1. The summed E-state index contributed by atoms with van der Waals surface area (Å²) in [6, 6.07) is 6.93. The Hall–Kier alpha value is -1.59. The molecule has 3 atom stereocenters. The van der Waals surface area contributed by atoms with E-state index in [1.807, 2.05) is 19.9 Å². The highest BCUT2D eigenvalue weighted by Crippen LogP contribution is 2.25. The smallest absolute Gasteiger partial charge is 0.319 e. The number of hydrogen-bond acceptors (Lipinski definition) is 3. The molecule has 2 amide bonds. The molecule has 1 heterocycles. The summed E-state index contributed by atoms with van der Waals surface area (Å²) in [7, 11) is 0. The molecule has 5 heteroatoms. The van der Waals surface area contributed by atoms with Gasteiger partial charge in [0.1, 0.15) is 0 Å². The minimum atomic E-state index is -0.555. The van der Waals surface area contributed by atoms with Crippen molar-refractivity contribution in [3.63, 3.8) is 0 Å². The topological polar surface area (TPSA) is 70.6 Å². The number of aliphatic hydroxyl groups is 1. The maximum Gasteiger partial charge on any atom is 0.319 e. The van der Waals surface area contributed by atoms with Crippen molar-refractivity contribution in [2.75, 3.05) is 11.9 Å². The number of nitrogens with one attached hydrogen (secondary N) is 2. The van der Waals surface area contributed by atoms with Crippen molar-refractivity contribution in [1.29, 1.82) is 0 Å². The summed E-state index contributed by atoms with van der Waals surface area (Å²) >= 11 is 0. The fraction of sp³-hybridized carbons (Fsp3) is 0.533. The van der Waals surface area contributed by atoms with E-state index in [1.54, 1.807) is 25.1 Å². The van der Waals surface area contributed by atoms with Crippen LogP contribution in [0.5, 0.6) is 0 Å². The van der Waals surface area contributed by atoms with Crippen molar-refractivity contribution in [1.82, 2.24) is 5.32 Å². The van der Waals surface area contributed by atoms with E-state index in [1.165, 1.54) is 0 Å². The molecule has 1 aromatic rings. The molecule has 0 radical (unpaired) electrons. The van der Waals surface area contributed by atoms with Gasteiger partial charge in [-0.3, -0.25) is 0 Å². The van der Waals surface area contributed by atoms with E-state index < -0.39 is 6.10 Å². The van der Waals surface area contributed by atoms with Gasteiger partial charge in [-0.2, -0.15) is 0 Å². The van der Waals surface area contributed by atoms with E-state index in [9.17, 15) is 9.90 Å². The van der Waals surface area contributed by atoms with Gasteiger partial charge in [0.15, 0.2) is 0 Å². The van der Waals surface area contributed by atoms with Gasteiger partial charge in [0.2, 0.25) is 0 Å². The van der Waals surface area contributed by atoms with Crippen molar-refractivity contribution >= 4 is 11.7 Å². The minimum absolute atomic E-state index is 0.00273. The Morgan fingerprint density at radius 1 is 1.55 bits per heavy atom. The van der Waals surface area contributed by atoms with Gasteiger partial charge in [0, 0.05) is 12.3 Å². The Labute approximate surface area is 119 Å². The van der Waals surface area contributed by atoms with E-state index in [-0.39, 0.29) is 17.7 Å². The number of urea groups is 1. The number of aliphatic hydroxyl groups excluding tert-OH is 1. The Bertz CT molecular complexity index is 490. The summed E-state index contributed by atoms with van der Waals surface area (Å²) in [5.74, 6) is 0. The monoisotopic (exact) mass is 278 g/mol. The van der Waals surface area contributed by atoms with Crippen LogP contribution in [0, 0.1) is 0 Å². The first-order chi connectivity index (χ1) is 9.40. The fourth-order valence-electron chi connectivity index (χ4n) is 2.30. The number of hydrogen-bond donors (Lipinski definition) is 3. The highest BCUT2D eigenvalue weighted by molar-refractivity contribution is 5.89. The first-order valence-corrected chi connectivity index (χ1v) is 6.89. The van der Waals surface area contributed by atoms with Crippen LogP contribution < -0.4 is 10.6 Å². The van der Waals surface area contributed by atoms with Crippen molar-refractivity contribution in [2.45, 2.75) is 44.9 Å². The van der Waals surface area contributed by atoms with Gasteiger partial charge in [-0.1, -0.05) is 12.1 Å². The van der Waals surface area contributed by atoms with Gasteiger partial charge in [-0.25, -0.2) is 4.79 Å². The number of amides is 2. The Morgan fingerprint density at radius 3 is 2.90 bits per heavy atom. The third-order valence-electron chi connectivity index (χ3n) is 3.91. The van der Waals surface area contributed by atoms with Crippen LogP contribution >= 0.6 is 0 Å². The molecule has 3 unspecified atom stereocenters. The second kappa shape index (κ2) is 5.81. The van der Waals surface area contributed by atoms with E-state index >= 15 is 0 Å². The van der Waals surface area contributed by atoms with Gasteiger partial charge in [-0.15, -0.1) is 0 Å². The number of rotatable bonds is 3. The molecule has 3 N–H and O–H groups in total. The van der Waals surface area contributed by atoms with E-state index in [0.717, 1.165) is 12.0 Å². The highest BCUT2D eigenvalue weighted by Gasteiger charge is 2.38. The molecule has 5 nitrogen and oxygen atoms in total. The normalized spacial score (nSPS) is 27.1. The first kappa shape index (κ1) is 14.8. The third kappa shape index (κ3) is 3.29. The van der Waals surface area contributed by atoms with Gasteiger partial charge >= 0.3 is 6.03 Å². The van der Waals surface area contributed by atoms with Gasteiger partial charge in [0.25, 0.3) is 0 Å². The van der Waals surface area contributed by atoms with Crippen molar-refractivity contribution in [3.05, 3.63) is 29.8 Å². The van der Waals surface area contributed by atoms with Gasteiger partial charge in [-0.05, 0) is 44.9 Å². The predicted molar refractivity (Wildman–Crippen MR) is 77.7 cm³/mol. The molecule has 1 fully saturated rings. The predicted octanol–water partition coefficient (Wildman–Crippen LogP) is 2.43. The maximum absolute atomic E-state index is 12.1. The lowest BCUT2D eigenvalue weighted by Crippen LogP contribution is -2.52. The van der Waals surface area contributed by atoms with E-state index in [2.05, 4.69) is 10.6 Å². The summed E-state index contributed by atoms with van der Waals surface area (Å²) in [6.07, 6.45) is 0.243. The second-order valence-electron chi connectivity index (χ2n) is 5.56. The second-order valence-corrected chi connectivity index (χ2v) is 5.56. The van der Waals surface area contributed by atoms with Crippen LogP contribution in [0.3, 0.4) is 0 Å². The molecule has 1 saturated heterocycles. The van der Waals surface area contributed by atoms with Crippen LogP contribution in [0.15, 0.2) is 24.3 Å². The minimum Gasteiger partial charge on any atom is -0.389 e. The summed E-state index contributed by atoms with van der Waals surface area (Å²) in [5, 5.41) is 15.3. The van der Waals surface area contributed by atoms with Crippen LogP contribution in [0.1, 0.15) is 38.9 Å². The molecule has 2 rings (SSSR count). The highest BCUT2D eigenvalue weighted by atomic mass is 16.5. The van der Waals surface area contributed by atoms with Crippen LogP contribution in [0.4, 0.5) is 10.5 Å². The molecule has 0 aromatic heterocycles. The Balaban J connectivity index is 1.99. The van der Waals surface area contributed by atoms with Gasteiger partial charge in [0.05, 0.1) is 17.7 Å². The summed E-state index contributed by atoms with van der Waals surface area (Å²) in [4.78, 5) is 12.1. The Morgan fingerprint density at radius 2 is 2.30 bits per heavy atom. The fourth-order valence-corrected chi connectivity index (χ4v) is 2.30. The standard InChI is InChI=1S/C15H22N2O3/c1-10(18)12-5-4-6-13(9-12)16-14(19)17-15(3)7-8-20-11(15)2/h4-6,9-11,18H,7-8H2,1-3H3,(H2,16,17,19). The molecule has 0 bridgehead atoms. The van der Waals surface area contributed by atoms with Crippen LogP contribution in [0.2, 0.25) is 0 Å². The number of carbonyl (C=O) groups is 1. The lowest BCUT2D eigenvalue weighted by molar-refractivity contribution is 0.0920. The van der Waals surface area contributed by atoms with Crippen molar-refractivity contribution in [2.24, 2.45) is 0 Å². The zero-order valence-corrected chi connectivity index (χ0v) is 12.1. The van der Waals surface area contributed by atoms with Gasteiger partial charge < -0.3 is 20.5 Å². The first-order valence-electron chi connectivity index (χ1n) is 6.89. The summed E-state index contributed by atoms with van der Waals surface area (Å²) < 4.78 is 5.49. The average Bonchev–Trinajstić information content (AvgIpc) is 2.69. The molecular weight excluding hydrogens is 256 g/mol. The number of benzene rings is 1. The molecule has 0 aliphatic carbocycles. The lowest BCUT2D eigenvalue weighted by atomic mass is 9.95. The molecule has 1 aromatic carbocycles. The average molecular weight is 278 g/mol. The van der Waals surface area contributed by atoms with Crippen molar-refractivity contribution < 1.29 is 14.6 Å². The number of anilines is 1. The molecule has 0 spiro atoms. The van der Waals surface area contributed by atoms with Crippen LogP contribution in [-0.2, 0) is 4.74 Å². The summed E-state index contributed by atoms with van der Waals surface area (Å²) in [5.41, 5.74) is 1.09. The van der Waals surface area contributed by atoms with E-state index in [0.29, 0.717) is 12.3 Å².